The van der Waals surface area contributed by atoms with Crippen molar-refractivity contribution in [1.82, 2.24) is 9.78 Å². The van der Waals surface area contributed by atoms with Crippen LogP contribution in [0.5, 0.6) is 11.5 Å². The Morgan fingerprint density at radius 3 is 2.44 bits per heavy atom. The molecule has 1 aromatic heterocycles. The molecule has 0 radical (unpaired) electrons. The van der Waals surface area contributed by atoms with E-state index in [1.165, 1.54) is 6.07 Å². The van der Waals surface area contributed by atoms with Gasteiger partial charge in [0.1, 0.15) is 5.69 Å². The van der Waals surface area contributed by atoms with Gasteiger partial charge in [-0.2, -0.15) is 9.49 Å². The lowest BCUT2D eigenvalue weighted by Gasteiger charge is -2.10. The van der Waals surface area contributed by atoms with Gasteiger partial charge in [0, 0.05) is 7.05 Å². The van der Waals surface area contributed by atoms with Crippen molar-refractivity contribution in [3.05, 3.63) is 35.2 Å². The van der Waals surface area contributed by atoms with Gasteiger partial charge >= 0.3 is 0 Å². The minimum absolute atomic E-state index is 0.0385. The summed E-state index contributed by atoms with van der Waals surface area (Å²) >= 11 is 0. The third kappa shape index (κ3) is 1.90. The zero-order valence-corrected chi connectivity index (χ0v) is 10.3. The minimum atomic E-state index is -1.10. The second-order valence-electron chi connectivity index (χ2n) is 4.01. The zero-order valence-electron chi connectivity index (χ0n) is 10.3. The average molecular weight is 253 g/mol. The van der Waals surface area contributed by atoms with Gasteiger partial charge in [0.15, 0.2) is 17.3 Å². The van der Waals surface area contributed by atoms with Crippen molar-refractivity contribution in [3.8, 4) is 11.5 Å². The third-order valence-electron chi connectivity index (χ3n) is 2.73. The number of anilines is 1. The number of nitrogens with two attached hydrogens (primary N) is 1. The van der Waals surface area contributed by atoms with E-state index in [4.69, 9.17) is 10.5 Å². The fourth-order valence-electron chi connectivity index (χ4n) is 1.65. The Hall–Kier alpha value is -2.11. The van der Waals surface area contributed by atoms with Crippen LogP contribution in [0.4, 0.5) is 14.5 Å². The lowest BCUT2D eigenvalue weighted by atomic mass is 10.2. The first-order valence-electron chi connectivity index (χ1n) is 5.33. The summed E-state index contributed by atoms with van der Waals surface area (Å²) in [5.74, 6) is -2.03. The lowest BCUT2D eigenvalue weighted by Crippen LogP contribution is -1.99. The van der Waals surface area contributed by atoms with Crippen LogP contribution in [0.15, 0.2) is 12.1 Å². The third-order valence-corrected chi connectivity index (χ3v) is 2.73. The van der Waals surface area contributed by atoms with Gasteiger partial charge in [-0.3, -0.25) is 4.68 Å². The number of nitrogens with zero attached hydrogens (tertiary/aromatic N) is 2. The molecule has 0 unspecified atom stereocenters. The van der Waals surface area contributed by atoms with E-state index < -0.39 is 11.6 Å². The van der Waals surface area contributed by atoms with Crippen LogP contribution in [0.3, 0.4) is 0 Å². The maximum Gasteiger partial charge on any atom is 0.203 e. The number of hydrogen-bond acceptors (Lipinski definition) is 3. The van der Waals surface area contributed by atoms with Crippen LogP contribution in [0.1, 0.15) is 11.4 Å². The number of hydrogen-bond donors (Lipinski definition) is 1. The van der Waals surface area contributed by atoms with E-state index in [1.807, 2.05) is 0 Å². The van der Waals surface area contributed by atoms with Gasteiger partial charge in [-0.05, 0) is 26.0 Å². The molecule has 0 aliphatic carbocycles. The van der Waals surface area contributed by atoms with E-state index in [1.54, 1.807) is 25.6 Å². The molecule has 2 N–H and O–H groups in total. The van der Waals surface area contributed by atoms with Gasteiger partial charge in [-0.1, -0.05) is 0 Å². The van der Waals surface area contributed by atoms with Crippen molar-refractivity contribution < 1.29 is 13.5 Å². The van der Waals surface area contributed by atoms with Crippen LogP contribution in [-0.2, 0) is 7.05 Å². The molecule has 1 heterocycles. The molecule has 4 nitrogen and oxygen atoms in total. The van der Waals surface area contributed by atoms with Crippen LogP contribution in [0, 0.1) is 25.5 Å². The van der Waals surface area contributed by atoms with Gasteiger partial charge in [-0.25, -0.2) is 4.39 Å². The molecular formula is C12H13F2N3O. The Labute approximate surface area is 103 Å². The highest BCUT2D eigenvalue weighted by molar-refractivity contribution is 5.55. The molecule has 96 valence electrons. The second-order valence-corrected chi connectivity index (χ2v) is 4.01. The predicted molar refractivity (Wildman–Crippen MR) is 63.5 cm³/mol. The molecule has 6 heteroatoms. The van der Waals surface area contributed by atoms with E-state index in [-0.39, 0.29) is 11.4 Å². The van der Waals surface area contributed by atoms with Gasteiger partial charge < -0.3 is 10.5 Å². The smallest absolute Gasteiger partial charge is 0.203 e. The largest absolute Gasteiger partial charge is 0.448 e. The Bertz CT molecular complexity index is 608. The van der Waals surface area contributed by atoms with Gasteiger partial charge in [0.25, 0.3) is 0 Å². The molecule has 1 aromatic carbocycles. The maximum atomic E-state index is 13.6. The van der Waals surface area contributed by atoms with Gasteiger partial charge in [-0.15, -0.1) is 0 Å². The molecule has 0 aliphatic rings. The number of nitrogen functional groups attached to an aromatic ring is 1. The van der Waals surface area contributed by atoms with E-state index in [2.05, 4.69) is 5.10 Å². The summed E-state index contributed by atoms with van der Waals surface area (Å²) in [6.45, 7) is 3.48. The maximum absolute atomic E-state index is 13.6. The molecule has 0 saturated heterocycles. The van der Waals surface area contributed by atoms with Crippen molar-refractivity contribution in [3.63, 3.8) is 0 Å². The van der Waals surface area contributed by atoms with Crippen molar-refractivity contribution in [1.29, 1.82) is 0 Å². The molecule has 18 heavy (non-hydrogen) atoms. The average Bonchev–Trinajstić information content (AvgIpc) is 2.55. The quantitative estimate of drug-likeness (QED) is 0.837. The summed E-state index contributed by atoms with van der Waals surface area (Å²) in [6, 6.07) is 2.22. The Morgan fingerprint density at radius 2 is 1.89 bits per heavy atom. The summed E-state index contributed by atoms with van der Waals surface area (Å²) in [5.41, 5.74) is 6.91. The highest BCUT2D eigenvalue weighted by Gasteiger charge is 2.18. The van der Waals surface area contributed by atoms with Crippen LogP contribution in [0.2, 0.25) is 0 Å². The van der Waals surface area contributed by atoms with Crippen molar-refractivity contribution in [2.45, 2.75) is 13.8 Å². The molecule has 2 aromatic rings. The summed E-state index contributed by atoms with van der Waals surface area (Å²) in [6.07, 6.45) is 0. The topological polar surface area (TPSA) is 53.1 Å². The molecule has 0 spiro atoms. The fourth-order valence-corrected chi connectivity index (χ4v) is 1.65. The first-order chi connectivity index (χ1) is 8.41. The standard InChI is InChI=1S/C12H13F2N3O/c1-6-11(7(2)17(3)16-6)18-12-9(15)5-4-8(13)10(12)14/h4-5H,15H2,1-3H3. The Morgan fingerprint density at radius 1 is 1.22 bits per heavy atom. The van der Waals surface area contributed by atoms with Crippen molar-refractivity contribution in [2.24, 2.45) is 7.05 Å². The first kappa shape index (κ1) is 12.3. The van der Waals surface area contributed by atoms with Crippen LogP contribution < -0.4 is 10.5 Å². The molecule has 0 aliphatic heterocycles. The van der Waals surface area contributed by atoms with Crippen LogP contribution in [0.25, 0.3) is 0 Å². The Kier molecular flexibility index (Phi) is 2.94. The highest BCUT2D eigenvalue weighted by Crippen LogP contribution is 2.34. The van der Waals surface area contributed by atoms with E-state index in [9.17, 15) is 8.78 Å². The lowest BCUT2D eigenvalue weighted by molar-refractivity contribution is 0.414. The van der Waals surface area contributed by atoms with E-state index in [0.717, 1.165) is 6.07 Å². The number of halogens is 2. The number of benzene rings is 1. The molecule has 0 bridgehead atoms. The van der Waals surface area contributed by atoms with Gasteiger partial charge in [0.2, 0.25) is 5.82 Å². The van der Waals surface area contributed by atoms with E-state index >= 15 is 0 Å². The first-order valence-corrected chi connectivity index (χ1v) is 5.33. The fraction of sp³-hybridized carbons (Fsp3) is 0.250. The Balaban J connectivity index is 2.49. The SMILES string of the molecule is Cc1nn(C)c(C)c1Oc1c(N)ccc(F)c1F. The van der Waals surface area contributed by atoms with E-state index in [0.29, 0.717) is 17.1 Å². The van der Waals surface area contributed by atoms with Gasteiger partial charge in [0.05, 0.1) is 11.4 Å². The monoisotopic (exact) mass is 253 g/mol. The number of aromatic nitrogens is 2. The molecule has 0 amide bonds. The number of ether oxygens (including phenoxy) is 1. The van der Waals surface area contributed by atoms with Crippen LogP contribution in [-0.4, -0.2) is 9.78 Å². The second kappa shape index (κ2) is 4.29. The molecular weight excluding hydrogens is 240 g/mol. The number of aryl methyl sites for hydroxylation is 2. The van der Waals surface area contributed by atoms with Crippen LogP contribution >= 0.6 is 0 Å². The summed E-state index contributed by atoms with van der Waals surface area (Å²) < 4.78 is 33.7. The molecule has 2 rings (SSSR count). The summed E-state index contributed by atoms with van der Waals surface area (Å²) in [5, 5.41) is 4.12. The zero-order chi connectivity index (χ0) is 13.4. The van der Waals surface area contributed by atoms with Crippen molar-refractivity contribution >= 4 is 5.69 Å². The normalized spacial score (nSPS) is 10.7. The summed E-state index contributed by atoms with van der Waals surface area (Å²) in [7, 11) is 1.74. The number of rotatable bonds is 2. The molecule has 0 saturated carbocycles. The van der Waals surface area contributed by atoms with Crippen molar-refractivity contribution in [2.75, 3.05) is 5.73 Å². The predicted octanol–water partition coefficient (Wildman–Crippen LogP) is 2.69. The molecule has 0 atom stereocenters. The minimum Gasteiger partial charge on any atom is -0.448 e. The molecule has 0 fully saturated rings. The highest BCUT2D eigenvalue weighted by atomic mass is 19.2. The summed E-state index contributed by atoms with van der Waals surface area (Å²) in [4.78, 5) is 0.